The number of hydrogen-bond acceptors (Lipinski definition) is 6. The van der Waals surface area contributed by atoms with Gasteiger partial charge in [0.25, 0.3) is 0 Å². The van der Waals surface area contributed by atoms with Crippen LogP contribution in [0, 0.1) is 43.7 Å². The van der Waals surface area contributed by atoms with Gasteiger partial charge in [-0.2, -0.15) is 0 Å². The topological polar surface area (TPSA) is 81.7 Å². The number of pyridine rings is 5. The molecule has 10 aromatic rings. The van der Waals surface area contributed by atoms with E-state index in [4.69, 9.17) is 27.9 Å². The fraction of sp³-hybridized carbons (Fsp3) is 0.246. The van der Waals surface area contributed by atoms with Gasteiger partial charge in [0.15, 0.2) is 11.8 Å². The molecule has 3 aliphatic rings. The number of fused-ring (bicyclic) bond motifs is 10. The van der Waals surface area contributed by atoms with Crippen LogP contribution in [-0.4, -0.2) is 19.9 Å². The number of hydrogen-bond donors (Lipinski definition) is 0. The Morgan fingerprint density at radius 1 is 0.677 bits per heavy atom. The molecule has 7 nitrogen and oxygen atoms in total. The number of benzene rings is 3. The van der Waals surface area contributed by atoms with E-state index in [1.165, 1.54) is 36.0 Å². The van der Waals surface area contributed by atoms with E-state index in [1.54, 1.807) is 12.1 Å². The first kappa shape index (κ1) is 38.0. The first-order valence-corrected chi connectivity index (χ1v) is 22.7. The number of aryl methyl sites for hydroxylation is 5. The van der Waals surface area contributed by atoms with Crippen LogP contribution in [0.1, 0.15) is 70.7 Å². The first-order chi connectivity index (χ1) is 32.7. The largest absolute Gasteiger partial charge is 0.486 e. The Labute approximate surface area is 396 Å². The zero-order chi connectivity index (χ0) is 45.2. The summed E-state index contributed by atoms with van der Waals surface area (Å²) in [6.45, 7) is -0.315. The number of rotatable bonds is 5. The second kappa shape index (κ2) is 17.2. The summed E-state index contributed by atoms with van der Waals surface area (Å²) in [5.41, 5.74) is 13.5. The van der Waals surface area contributed by atoms with E-state index < -0.39 is 6.85 Å². The fourth-order valence-corrected chi connectivity index (χ4v) is 10.7. The molecule has 1 fully saturated rings. The molecule has 0 spiro atoms. The maximum absolute atomic E-state index is 7.80. The molecular weight excluding hydrogens is 979 g/mol. The summed E-state index contributed by atoms with van der Waals surface area (Å²) in [5.74, 6) is 1.91. The van der Waals surface area contributed by atoms with Crippen LogP contribution in [0.25, 0.3) is 83.6 Å². The molecule has 0 amide bonds. The maximum atomic E-state index is 7.80. The van der Waals surface area contributed by atoms with Crippen LogP contribution in [0.4, 0.5) is 0 Å². The van der Waals surface area contributed by atoms with Crippen molar-refractivity contribution in [3.05, 3.63) is 168 Å². The summed E-state index contributed by atoms with van der Waals surface area (Å²) in [5, 5.41) is 3.67. The van der Waals surface area contributed by atoms with Gasteiger partial charge in [0.1, 0.15) is 11.3 Å². The molecule has 13 rings (SSSR count). The third kappa shape index (κ3) is 7.87. The van der Waals surface area contributed by atoms with Crippen molar-refractivity contribution in [2.24, 2.45) is 17.8 Å². The molecule has 3 aromatic carbocycles. The number of furan rings is 2. The smallest absolute Gasteiger partial charge is 0.227 e. The van der Waals surface area contributed by atoms with E-state index in [0.717, 1.165) is 111 Å². The molecule has 1 saturated carbocycles. The molecule has 1 aliphatic carbocycles. The van der Waals surface area contributed by atoms with E-state index in [-0.39, 0.29) is 25.8 Å². The predicted molar refractivity (Wildman–Crippen MR) is 253 cm³/mol. The summed E-state index contributed by atoms with van der Waals surface area (Å²) in [7, 11) is 0. The molecular formula is C57H48IrN5O2-. The van der Waals surface area contributed by atoms with Crippen LogP contribution in [0.3, 0.4) is 0 Å². The van der Waals surface area contributed by atoms with E-state index in [9.17, 15) is 0 Å². The molecule has 6 bridgehead atoms. The second-order valence-electron chi connectivity index (χ2n) is 18.1. The molecule has 323 valence electrons. The van der Waals surface area contributed by atoms with Crippen LogP contribution < -0.4 is 4.57 Å². The molecule has 0 N–H and O–H groups in total. The van der Waals surface area contributed by atoms with Crippen molar-refractivity contribution in [3.63, 3.8) is 0 Å². The van der Waals surface area contributed by atoms with Crippen LogP contribution >= 0.6 is 0 Å². The van der Waals surface area contributed by atoms with Crippen molar-refractivity contribution in [2.45, 2.75) is 71.6 Å². The van der Waals surface area contributed by atoms with Crippen LogP contribution in [0.2, 0.25) is 0 Å². The molecule has 3 unspecified atom stereocenters. The molecule has 7 aromatic heterocycles. The van der Waals surface area contributed by atoms with Gasteiger partial charge in [-0.1, -0.05) is 40.8 Å². The Kier molecular flexibility index (Phi) is 10.1. The minimum Gasteiger partial charge on any atom is -0.486 e. The van der Waals surface area contributed by atoms with Gasteiger partial charge in [0, 0.05) is 75.8 Å². The second-order valence-corrected chi connectivity index (χ2v) is 18.1. The minimum atomic E-state index is -2.31. The average molecular weight is 1030 g/mol. The zero-order valence-electron chi connectivity index (χ0n) is 39.1. The van der Waals surface area contributed by atoms with Crippen LogP contribution in [0.5, 0.6) is 0 Å². The van der Waals surface area contributed by atoms with E-state index in [0.29, 0.717) is 34.8 Å². The van der Waals surface area contributed by atoms with Crippen LogP contribution in [0.15, 0.2) is 137 Å². The van der Waals surface area contributed by atoms with Crippen molar-refractivity contribution < 1.29 is 37.6 Å². The summed E-state index contributed by atoms with van der Waals surface area (Å²) < 4.78 is 38.6. The SMILES string of the molecule is [2H]C([2H])([2H])c1ccc2c(n1)oc1c(-c3ccc(CCC4CC5CCc6ccc(nc6)-c6c(ccc7c6oc6nc(C)ccc67)-[n+]6cc(ccc6-c6[c-]cccc6)CCC(C4)C5)cn3)[c-]ccc12.[Ir]. The molecule has 1 radical (unpaired) electrons. The Morgan fingerprint density at radius 2 is 1.42 bits per heavy atom. The third-order valence-electron chi connectivity index (χ3n) is 13.9. The summed E-state index contributed by atoms with van der Waals surface area (Å²) in [6, 6.07) is 44.0. The molecule has 65 heavy (non-hydrogen) atoms. The first-order valence-electron chi connectivity index (χ1n) is 24.2. The molecule has 8 heteroatoms. The van der Waals surface area contributed by atoms with Gasteiger partial charge < -0.3 is 13.8 Å². The van der Waals surface area contributed by atoms with Gasteiger partial charge in [0.05, 0.1) is 11.3 Å². The molecule has 0 saturated heterocycles. The van der Waals surface area contributed by atoms with Crippen molar-refractivity contribution in [1.29, 1.82) is 0 Å². The minimum absolute atomic E-state index is 0. The Balaban J connectivity index is 0.00000507. The van der Waals surface area contributed by atoms with Gasteiger partial charge in [-0.3, -0.25) is 4.98 Å². The number of nitrogens with zero attached hydrogens (tertiary/aromatic N) is 5. The van der Waals surface area contributed by atoms with Gasteiger partial charge >= 0.3 is 0 Å². The Hall–Kier alpha value is -6.34. The van der Waals surface area contributed by atoms with E-state index in [2.05, 4.69) is 101 Å². The fourth-order valence-electron chi connectivity index (χ4n) is 10.7. The third-order valence-corrected chi connectivity index (χ3v) is 13.9. The summed E-state index contributed by atoms with van der Waals surface area (Å²) in [6.07, 6.45) is 16.5. The number of aromatic nitrogens is 5. The van der Waals surface area contributed by atoms with Gasteiger partial charge in [-0.25, -0.2) is 14.5 Å². The van der Waals surface area contributed by atoms with Gasteiger partial charge in [-0.05, 0) is 149 Å². The van der Waals surface area contributed by atoms with Gasteiger partial charge in [-0.15, -0.1) is 48.5 Å². The van der Waals surface area contributed by atoms with Gasteiger partial charge in [0.2, 0.25) is 17.1 Å². The van der Waals surface area contributed by atoms with Crippen molar-refractivity contribution >= 4 is 44.1 Å². The predicted octanol–water partition coefficient (Wildman–Crippen LogP) is 13.1. The average Bonchev–Trinajstić information content (AvgIpc) is 3.92. The monoisotopic (exact) mass is 1030 g/mol. The summed E-state index contributed by atoms with van der Waals surface area (Å²) in [4.78, 5) is 19.2. The standard InChI is InChI=1S/C57H48N5O2.Ir/c1-35-11-22-46-44-9-6-10-48(54(44)63-56(46)60-35)49-25-19-37(32-58-49)13-16-40-29-41-17-14-38-20-26-50(59-33-38)53-52(28-24-45-47-23-12-36(2)61-57(47)64-55(45)53)62-34-39(15-18-42(30-40)31-41)21-27-51(62)43-7-4-3-5-8-43;/h3-7,9,11-12,19-28,32-34,40-42H,13-18,29-31H2,1-2H3;/q-1;/i1D3;. The van der Waals surface area contributed by atoms with E-state index >= 15 is 0 Å². The van der Waals surface area contributed by atoms with Crippen molar-refractivity contribution in [2.75, 3.05) is 0 Å². The summed E-state index contributed by atoms with van der Waals surface area (Å²) >= 11 is 0. The molecule has 2 aliphatic heterocycles. The van der Waals surface area contributed by atoms with Crippen molar-refractivity contribution in [3.8, 4) is 39.5 Å². The Bertz CT molecular complexity index is 3480. The van der Waals surface area contributed by atoms with Crippen LogP contribution in [-0.2, 0) is 39.4 Å². The quantitative estimate of drug-likeness (QED) is 0.126. The Morgan fingerprint density at radius 3 is 2.18 bits per heavy atom. The maximum Gasteiger partial charge on any atom is 0.227 e. The molecule has 3 atom stereocenters. The van der Waals surface area contributed by atoms with Crippen molar-refractivity contribution in [1.82, 2.24) is 19.9 Å². The molecule has 9 heterocycles. The zero-order valence-corrected chi connectivity index (χ0v) is 38.5. The normalized spacial score (nSPS) is 18.3. The van der Waals surface area contributed by atoms with E-state index in [1.807, 2.05) is 43.5 Å².